The summed E-state index contributed by atoms with van der Waals surface area (Å²) in [6, 6.07) is 7.68. The number of likely N-dealkylation sites (N-methyl/N-ethyl adjacent to an activating group) is 1. The summed E-state index contributed by atoms with van der Waals surface area (Å²) in [7, 11) is 1.74. The molecule has 1 N–H and O–H groups in total. The molecule has 2 rings (SSSR count). The van der Waals surface area contributed by atoms with Crippen molar-refractivity contribution in [2.75, 3.05) is 39.8 Å². The molecule has 1 aliphatic rings. The van der Waals surface area contributed by atoms with Gasteiger partial charge in [-0.25, -0.2) is 0 Å². The lowest BCUT2D eigenvalue weighted by atomic mass is 10.1. The Kier molecular flexibility index (Phi) is 6.12. The quantitative estimate of drug-likeness (QED) is 0.850. The van der Waals surface area contributed by atoms with E-state index in [0.717, 1.165) is 6.42 Å². The van der Waals surface area contributed by atoms with Gasteiger partial charge in [-0.15, -0.1) is 0 Å². The highest BCUT2D eigenvalue weighted by Crippen LogP contribution is 2.13. The minimum absolute atomic E-state index is 0.00170. The summed E-state index contributed by atoms with van der Waals surface area (Å²) in [5.74, 6) is -0.867. The first-order chi connectivity index (χ1) is 11.0. The zero-order valence-electron chi connectivity index (χ0n) is 13.7. The van der Waals surface area contributed by atoms with Gasteiger partial charge in [-0.1, -0.05) is 19.1 Å². The molecule has 1 amide bonds. The van der Waals surface area contributed by atoms with Gasteiger partial charge in [-0.05, 0) is 31.2 Å². The molecule has 0 aromatic heterocycles. The van der Waals surface area contributed by atoms with Crippen LogP contribution in [0.15, 0.2) is 24.3 Å². The average Bonchev–Trinajstić information content (AvgIpc) is 2.53. The number of rotatable bonds is 6. The van der Waals surface area contributed by atoms with Crippen LogP contribution in [0, 0.1) is 0 Å². The van der Waals surface area contributed by atoms with Crippen LogP contribution < -0.4 is 0 Å². The van der Waals surface area contributed by atoms with E-state index in [-0.39, 0.29) is 18.6 Å². The van der Waals surface area contributed by atoms with Crippen molar-refractivity contribution in [3.8, 4) is 0 Å². The third-order valence-corrected chi connectivity index (χ3v) is 3.96. The molecular formula is C17H24N2O4. The fraction of sp³-hybridized carbons (Fsp3) is 0.529. The first-order valence-corrected chi connectivity index (χ1v) is 7.89. The minimum atomic E-state index is -0.868. The van der Waals surface area contributed by atoms with Crippen LogP contribution in [0.3, 0.4) is 0 Å². The second-order valence-electron chi connectivity index (χ2n) is 5.88. The number of carbonyl (C=O) groups excluding carboxylic acids is 1. The Morgan fingerprint density at radius 3 is 2.65 bits per heavy atom. The van der Waals surface area contributed by atoms with E-state index in [1.165, 1.54) is 5.56 Å². The number of aryl methyl sites for hydroxylation is 1. The van der Waals surface area contributed by atoms with Crippen molar-refractivity contribution in [1.29, 1.82) is 0 Å². The molecular weight excluding hydrogens is 296 g/mol. The SMILES string of the molecule is CCc1ccc(C(=O)N2CCOC(CN(C)CC(=O)O)C2)cc1. The number of nitrogens with zero attached hydrogens (tertiary/aromatic N) is 2. The summed E-state index contributed by atoms with van der Waals surface area (Å²) in [6.07, 6.45) is 0.788. The summed E-state index contributed by atoms with van der Waals surface area (Å²) < 4.78 is 5.65. The standard InChI is InChI=1S/C17H24N2O4/c1-3-13-4-6-14(7-5-13)17(22)19-8-9-23-15(11-19)10-18(2)12-16(20)21/h4-7,15H,3,8-12H2,1-2H3,(H,20,21). The van der Waals surface area contributed by atoms with E-state index in [1.807, 2.05) is 24.3 Å². The van der Waals surface area contributed by atoms with E-state index in [2.05, 4.69) is 6.92 Å². The third-order valence-electron chi connectivity index (χ3n) is 3.96. The third kappa shape index (κ3) is 5.04. The summed E-state index contributed by atoms with van der Waals surface area (Å²) in [5, 5.41) is 8.80. The number of carboxylic acid groups (broad SMARTS) is 1. The predicted octanol–water partition coefficient (Wildman–Crippen LogP) is 1.11. The first kappa shape index (κ1) is 17.4. The normalized spacial score (nSPS) is 18.2. The molecule has 1 heterocycles. The number of carboxylic acids is 1. The summed E-state index contributed by atoms with van der Waals surface area (Å²) >= 11 is 0. The van der Waals surface area contributed by atoms with Crippen LogP contribution in [0.1, 0.15) is 22.8 Å². The maximum Gasteiger partial charge on any atom is 0.317 e. The fourth-order valence-electron chi connectivity index (χ4n) is 2.72. The van der Waals surface area contributed by atoms with Crippen LogP contribution in [0.4, 0.5) is 0 Å². The molecule has 1 saturated heterocycles. The molecule has 126 valence electrons. The Labute approximate surface area is 136 Å². The lowest BCUT2D eigenvalue weighted by Crippen LogP contribution is -2.49. The number of hydrogen-bond donors (Lipinski definition) is 1. The van der Waals surface area contributed by atoms with Crippen LogP contribution >= 0.6 is 0 Å². The van der Waals surface area contributed by atoms with Gasteiger partial charge in [0, 0.05) is 25.2 Å². The number of hydrogen-bond acceptors (Lipinski definition) is 4. The van der Waals surface area contributed by atoms with Crippen molar-refractivity contribution >= 4 is 11.9 Å². The highest BCUT2D eigenvalue weighted by molar-refractivity contribution is 5.94. The smallest absolute Gasteiger partial charge is 0.317 e. The molecule has 1 atom stereocenters. The lowest BCUT2D eigenvalue weighted by Gasteiger charge is -2.34. The van der Waals surface area contributed by atoms with Gasteiger partial charge in [0.05, 0.1) is 19.3 Å². The van der Waals surface area contributed by atoms with Crippen molar-refractivity contribution in [1.82, 2.24) is 9.80 Å². The Morgan fingerprint density at radius 1 is 1.35 bits per heavy atom. The maximum atomic E-state index is 12.6. The van der Waals surface area contributed by atoms with Gasteiger partial charge >= 0.3 is 5.97 Å². The number of aliphatic carboxylic acids is 1. The second-order valence-corrected chi connectivity index (χ2v) is 5.88. The molecule has 0 spiro atoms. The summed E-state index contributed by atoms with van der Waals surface area (Å²) in [4.78, 5) is 26.8. The zero-order chi connectivity index (χ0) is 16.8. The molecule has 1 aromatic carbocycles. The van der Waals surface area contributed by atoms with Crippen molar-refractivity contribution < 1.29 is 19.4 Å². The minimum Gasteiger partial charge on any atom is -0.480 e. The molecule has 6 nitrogen and oxygen atoms in total. The van der Waals surface area contributed by atoms with Crippen LogP contribution in [-0.4, -0.2) is 72.7 Å². The zero-order valence-corrected chi connectivity index (χ0v) is 13.7. The molecule has 0 saturated carbocycles. The molecule has 1 aromatic rings. The Morgan fingerprint density at radius 2 is 2.04 bits per heavy atom. The van der Waals surface area contributed by atoms with Crippen molar-refractivity contribution in [3.05, 3.63) is 35.4 Å². The monoisotopic (exact) mass is 320 g/mol. The first-order valence-electron chi connectivity index (χ1n) is 7.89. The van der Waals surface area contributed by atoms with Gasteiger partial charge in [-0.3, -0.25) is 14.5 Å². The second kappa shape index (κ2) is 8.08. The molecule has 1 aliphatic heterocycles. The largest absolute Gasteiger partial charge is 0.480 e. The van der Waals surface area contributed by atoms with E-state index in [4.69, 9.17) is 9.84 Å². The summed E-state index contributed by atoms with van der Waals surface area (Å²) in [5.41, 5.74) is 1.89. The molecule has 0 radical (unpaired) electrons. The topological polar surface area (TPSA) is 70.1 Å². The number of ether oxygens (including phenoxy) is 1. The molecule has 1 unspecified atom stereocenters. The Balaban J connectivity index is 1.94. The molecule has 23 heavy (non-hydrogen) atoms. The van der Waals surface area contributed by atoms with Crippen molar-refractivity contribution in [2.45, 2.75) is 19.4 Å². The molecule has 0 aliphatic carbocycles. The van der Waals surface area contributed by atoms with E-state index >= 15 is 0 Å². The van der Waals surface area contributed by atoms with Gasteiger partial charge in [0.1, 0.15) is 0 Å². The van der Waals surface area contributed by atoms with E-state index < -0.39 is 5.97 Å². The lowest BCUT2D eigenvalue weighted by molar-refractivity contribution is -0.138. The van der Waals surface area contributed by atoms with E-state index in [0.29, 0.717) is 31.8 Å². The van der Waals surface area contributed by atoms with Crippen LogP contribution in [-0.2, 0) is 16.0 Å². The fourth-order valence-corrected chi connectivity index (χ4v) is 2.72. The Hall–Kier alpha value is -1.92. The van der Waals surface area contributed by atoms with Gasteiger partial charge < -0.3 is 14.7 Å². The van der Waals surface area contributed by atoms with Gasteiger partial charge in [0.25, 0.3) is 5.91 Å². The Bertz CT molecular complexity index is 544. The maximum absolute atomic E-state index is 12.6. The molecule has 1 fully saturated rings. The number of morpholine rings is 1. The van der Waals surface area contributed by atoms with Crippen molar-refractivity contribution in [3.63, 3.8) is 0 Å². The highest BCUT2D eigenvalue weighted by Gasteiger charge is 2.26. The number of amides is 1. The van der Waals surface area contributed by atoms with Gasteiger partial charge in [0.15, 0.2) is 0 Å². The predicted molar refractivity (Wildman–Crippen MR) is 86.6 cm³/mol. The van der Waals surface area contributed by atoms with E-state index in [1.54, 1.807) is 16.8 Å². The molecule has 0 bridgehead atoms. The number of benzene rings is 1. The van der Waals surface area contributed by atoms with Crippen LogP contribution in [0.25, 0.3) is 0 Å². The van der Waals surface area contributed by atoms with Gasteiger partial charge in [-0.2, -0.15) is 0 Å². The molecule has 6 heteroatoms. The average molecular weight is 320 g/mol. The van der Waals surface area contributed by atoms with Crippen molar-refractivity contribution in [2.24, 2.45) is 0 Å². The van der Waals surface area contributed by atoms with E-state index in [9.17, 15) is 9.59 Å². The number of carbonyl (C=O) groups is 2. The van der Waals surface area contributed by atoms with Gasteiger partial charge in [0.2, 0.25) is 0 Å². The highest BCUT2D eigenvalue weighted by atomic mass is 16.5. The van der Waals surface area contributed by atoms with Crippen LogP contribution in [0.5, 0.6) is 0 Å². The summed E-state index contributed by atoms with van der Waals surface area (Å²) in [6.45, 7) is 4.06. The van der Waals surface area contributed by atoms with Crippen LogP contribution in [0.2, 0.25) is 0 Å².